The van der Waals surface area contributed by atoms with Crippen molar-refractivity contribution in [2.75, 3.05) is 13.1 Å². The van der Waals surface area contributed by atoms with Gasteiger partial charge in [-0.05, 0) is 38.0 Å². The maximum absolute atomic E-state index is 13.5. The SMILES string of the molecule is CC(Sc1nccn1-c1cccc(F)c1)C(=O)N1CCCCCC1. The van der Waals surface area contributed by atoms with E-state index in [4.69, 9.17) is 0 Å². The minimum Gasteiger partial charge on any atom is -0.342 e. The summed E-state index contributed by atoms with van der Waals surface area (Å²) in [5, 5.41) is 0.495. The maximum Gasteiger partial charge on any atom is 0.235 e. The Morgan fingerprint density at radius 3 is 2.71 bits per heavy atom. The molecule has 1 aliphatic heterocycles. The van der Waals surface area contributed by atoms with Gasteiger partial charge in [-0.1, -0.05) is 30.7 Å². The van der Waals surface area contributed by atoms with Gasteiger partial charge in [0.05, 0.1) is 10.9 Å². The van der Waals surface area contributed by atoms with Crippen molar-refractivity contribution in [2.24, 2.45) is 0 Å². The van der Waals surface area contributed by atoms with E-state index in [-0.39, 0.29) is 17.0 Å². The van der Waals surface area contributed by atoms with E-state index >= 15 is 0 Å². The predicted octanol–water partition coefficient (Wildman–Crippen LogP) is 3.89. The highest BCUT2D eigenvalue weighted by Crippen LogP contribution is 2.26. The van der Waals surface area contributed by atoms with Crippen molar-refractivity contribution in [1.82, 2.24) is 14.5 Å². The molecule has 1 saturated heterocycles. The van der Waals surface area contributed by atoms with Gasteiger partial charge in [0.2, 0.25) is 5.91 Å². The Morgan fingerprint density at radius 2 is 2.00 bits per heavy atom. The minimum absolute atomic E-state index is 0.163. The molecule has 1 aliphatic rings. The molecule has 0 N–H and O–H groups in total. The van der Waals surface area contributed by atoms with E-state index in [1.165, 1.54) is 36.7 Å². The molecule has 6 heteroatoms. The van der Waals surface area contributed by atoms with E-state index < -0.39 is 0 Å². The first-order valence-corrected chi connectivity index (χ1v) is 9.28. The lowest BCUT2D eigenvalue weighted by Crippen LogP contribution is -2.37. The third kappa shape index (κ3) is 3.98. The van der Waals surface area contributed by atoms with Gasteiger partial charge in [-0.2, -0.15) is 0 Å². The summed E-state index contributed by atoms with van der Waals surface area (Å²) in [4.78, 5) is 19.0. The van der Waals surface area contributed by atoms with Gasteiger partial charge in [0.25, 0.3) is 0 Å². The largest absolute Gasteiger partial charge is 0.342 e. The fourth-order valence-corrected chi connectivity index (χ4v) is 3.92. The van der Waals surface area contributed by atoms with Crippen LogP contribution < -0.4 is 0 Å². The summed E-state index contributed by atoms with van der Waals surface area (Å²) in [5.74, 6) is -0.124. The average molecular weight is 347 g/mol. The molecule has 1 unspecified atom stereocenters. The van der Waals surface area contributed by atoms with Crippen LogP contribution in [0.1, 0.15) is 32.6 Å². The van der Waals surface area contributed by atoms with E-state index in [1.807, 2.05) is 22.5 Å². The first-order valence-electron chi connectivity index (χ1n) is 8.40. The van der Waals surface area contributed by atoms with Crippen LogP contribution in [0.2, 0.25) is 0 Å². The molecule has 1 aromatic carbocycles. The smallest absolute Gasteiger partial charge is 0.235 e. The number of hydrogen-bond donors (Lipinski definition) is 0. The van der Waals surface area contributed by atoms with Crippen LogP contribution in [0.15, 0.2) is 41.8 Å². The Labute approximate surface area is 146 Å². The van der Waals surface area contributed by atoms with Crippen LogP contribution >= 0.6 is 11.8 Å². The number of rotatable bonds is 4. The zero-order valence-electron chi connectivity index (χ0n) is 13.8. The summed E-state index contributed by atoms with van der Waals surface area (Å²) in [6.07, 6.45) is 8.04. The van der Waals surface area contributed by atoms with Crippen molar-refractivity contribution in [3.05, 3.63) is 42.5 Å². The highest BCUT2D eigenvalue weighted by Gasteiger charge is 2.23. The summed E-state index contributed by atoms with van der Waals surface area (Å²) in [7, 11) is 0. The number of hydrogen-bond acceptors (Lipinski definition) is 3. The molecule has 0 spiro atoms. The van der Waals surface area contributed by atoms with Crippen LogP contribution in [-0.4, -0.2) is 38.7 Å². The van der Waals surface area contributed by atoms with E-state index in [1.54, 1.807) is 18.5 Å². The number of nitrogens with zero attached hydrogens (tertiary/aromatic N) is 3. The molecule has 3 rings (SSSR count). The average Bonchev–Trinajstić information content (AvgIpc) is 2.86. The zero-order chi connectivity index (χ0) is 16.9. The molecule has 0 bridgehead atoms. The molecule has 2 aromatic rings. The number of aromatic nitrogens is 2. The minimum atomic E-state index is -0.286. The van der Waals surface area contributed by atoms with Crippen LogP contribution in [0.3, 0.4) is 0 Å². The number of carbonyl (C=O) groups is 1. The Hall–Kier alpha value is -1.82. The van der Waals surface area contributed by atoms with Crippen molar-refractivity contribution >= 4 is 17.7 Å². The Kier molecular flexibility index (Phi) is 5.56. The van der Waals surface area contributed by atoms with Crippen molar-refractivity contribution in [3.8, 4) is 5.69 Å². The third-order valence-electron chi connectivity index (χ3n) is 4.24. The number of imidazole rings is 1. The lowest BCUT2D eigenvalue weighted by molar-refractivity contribution is -0.130. The lowest BCUT2D eigenvalue weighted by Gasteiger charge is -2.23. The van der Waals surface area contributed by atoms with Gasteiger partial charge in [0.15, 0.2) is 5.16 Å². The molecule has 0 radical (unpaired) electrons. The van der Waals surface area contributed by atoms with Crippen molar-refractivity contribution in [1.29, 1.82) is 0 Å². The summed E-state index contributed by atoms with van der Waals surface area (Å²) in [6.45, 7) is 3.62. The number of benzene rings is 1. The Balaban J connectivity index is 1.72. The number of thioether (sulfide) groups is 1. The molecule has 0 aliphatic carbocycles. The van der Waals surface area contributed by atoms with Crippen molar-refractivity contribution in [3.63, 3.8) is 0 Å². The maximum atomic E-state index is 13.5. The molecular weight excluding hydrogens is 325 g/mol. The van der Waals surface area contributed by atoms with Crippen LogP contribution in [0.5, 0.6) is 0 Å². The quantitative estimate of drug-likeness (QED) is 0.788. The van der Waals surface area contributed by atoms with Gasteiger partial charge in [-0.15, -0.1) is 0 Å². The number of amides is 1. The molecule has 1 amide bonds. The Bertz CT molecular complexity index is 695. The molecule has 128 valence electrons. The first-order chi connectivity index (χ1) is 11.6. The number of halogens is 1. The van der Waals surface area contributed by atoms with Crippen LogP contribution in [0.25, 0.3) is 5.69 Å². The fraction of sp³-hybridized carbons (Fsp3) is 0.444. The van der Waals surface area contributed by atoms with Crippen LogP contribution in [0.4, 0.5) is 4.39 Å². The second-order valence-electron chi connectivity index (χ2n) is 6.06. The van der Waals surface area contributed by atoms with Gasteiger partial charge >= 0.3 is 0 Å². The number of likely N-dealkylation sites (tertiary alicyclic amines) is 1. The number of carbonyl (C=O) groups excluding carboxylic acids is 1. The summed E-state index contributed by atoms with van der Waals surface area (Å²) >= 11 is 1.42. The molecule has 1 aromatic heterocycles. The van der Waals surface area contributed by atoms with Crippen LogP contribution in [0, 0.1) is 5.82 Å². The lowest BCUT2D eigenvalue weighted by atomic mass is 10.2. The standard InChI is InChI=1S/C18H22FN3OS/c1-14(17(23)21-10-4-2-3-5-11-21)24-18-20-9-12-22(18)16-8-6-7-15(19)13-16/h6-9,12-14H,2-5,10-11H2,1H3. The van der Waals surface area contributed by atoms with E-state index in [0.29, 0.717) is 10.8 Å². The molecule has 24 heavy (non-hydrogen) atoms. The van der Waals surface area contributed by atoms with E-state index in [2.05, 4.69) is 4.98 Å². The highest BCUT2D eigenvalue weighted by atomic mass is 32.2. The second-order valence-corrected chi connectivity index (χ2v) is 7.37. The highest BCUT2D eigenvalue weighted by molar-refractivity contribution is 8.00. The molecular formula is C18H22FN3OS. The molecule has 1 fully saturated rings. The monoisotopic (exact) mass is 347 g/mol. The molecule has 4 nitrogen and oxygen atoms in total. The molecule has 0 saturated carbocycles. The first kappa shape index (κ1) is 17.0. The van der Waals surface area contributed by atoms with Crippen molar-refractivity contribution in [2.45, 2.75) is 43.0 Å². The summed E-state index contributed by atoms with van der Waals surface area (Å²) in [5.41, 5.74) is 0.712. The zero-order valence-corrected chi connectivity index (χ0v) is 14.6. The third-order valence-corrected chi connectivity index (χ3v) is 5.31. The summed E-state index contributed by atoms with van der Waals surface area (Å²) in [6, 6.07) is 6.38. The van der Waals surface area contributed by atoms with Crippen molar-refractivity contribution < 1.29 is 9.18 Å². The molecule has 2 heterocycles. The van der Waals surface area contributed by atoms with Gasteiger partial charge < -0.3 is 4.90 Å². The Morgan fingerprint density at radius 1 is 1.25 bits per heavy atom. The van der Waals surface area contributed by atoms with E-state index in [9.17, 15) is 9.18 Å². The van der Waals surface area contributed by atoms with Crippen LogP contribution in [-0.2, 0) is 4.79 Å². The predicted molar refractivity (Wildman–Crippen MR) is 93.9 cm³/mol. The van der Waals surface area contributed by atoms with E-state index in [0.717, 1.165) is 25.9 Å². The second kappa shape index (κ2) is 7.83. The van der Waals surface area contributed by atoms with Gasteiger partial charge in [-0.3, -0.25) is 9.36 Å². The van der Waals surface area contributed by atoms with Gasteiger partial charge in [0.1, 0.15) is 5.82 Å². The van der Waals surface area contributed by atoms with Gasteiger partial charge in [0, 0.05) is 25.5 Å². The fourth-order valence-electron chi connectivity index (χ4n) is 2.96. The molecule has 1 atom stereocenters. The van der Waals surface area contributed by atoms with Gasteiger partial charge in [-0.25, -0.2) is 9.37 Å². The topological polar surface area (TPSA) is 38.1 Å². The summed E-state index contributed by atoms with van der Waals surface area (Å²) < 4.78 is 15.3. The normalized spacial score (nSPS) is 16.7.